The van der Waals surface area contributed by atoms with E-state index < -0.39 is 23.9 Å². The molecule has 1 amide bonds. The summed E-state index contributed by atoms with van der Waals surface area (Å²) in [6.45, 7) is 7.31. The van der Waals surface area contributed by atoms with E-state index in [1.165, 1.54) is 5.56 Å². The number of nitrogens with one attached hydrogen (secondary N) is 1. The first kappa shape index (κ1) is 29.9. The van der Waals surface area contributed by atoms with E-state index in [1.807, 2.05) is 42.5 Å². The van der Waals surface area contributed by atoms with E-state index in [1.54, 1.807) is 20.8 Å². The third-order valence-electron chi connectivity index (χ3n) is 7.45. The number of nitriles is 1. The molecule has 2 aromatic carbocycles. The Morgan fingerprint density at radius 2 is 1.84 bits per heavy atom. The second kappa shape index (κ2) is 13.2. The lowest BCUT2D eigenvalue weighted by Gasteiger charge is -2.30. The molecular weight excluding hydrogens is 564 g/mol. The van der Waals surface area contributed by atoms with Gasteiger partial charge >= 0.3 is 11.9 Å². The van der Waals surface area contributed by atoms with Crippen molar-refractivity contribution in [3.8, 4) is 6.07 Å². The van der Waals surface area contributed by atoms with Crippen molar-refractivity contribution in [2.45, 2.75) is 52.8 Å². The van der Waals surface area contributed by atoms with E-state index in [4.69, 9.17) is 14.5 Å². The Labute approximate surface area is 254 Å². The highest BCUT2D eigenvalue weighted by atomic mass is 32.1. The first-order valence-electron chi connectivity index (χ1n) is 14.2. The Morgan fingerprint density at radius 3 is 2.56 bits per heavy atom. The Morgan fingerprint density at radius 1 is 1.09 bits per heavy atom. The third kappa shape index (κ3) is 6.28. The van der Waals surface area contributed by atoms with Gasteiger partial charge in [0.1, 0.15) is 15.9 Å². The van der Waals surface area contributed by atoms with E-state index in [0.29, 0.717) is 35.0 Å². The highest BCUT2D eigenvalue weighted by Gasteiger charge is 2.31. The van der Waals surface area contributed by atoms with Crippen LogP contribution in [0.25, 0.3) is 10.9 Å². The van der Waals surface area contributed by atoms with Gasteiger partial charge < -0.3 is 14.8 Å². The van der Waals surface area contributed by atoms with Gasteiger partial charge in [0.15, 0.2) is 6.10 Å². The molecular formula is C33H32N4O5S. The van der Waals surface area contributed by atoms with Crippen molar-refractivity contribution in [3.05, 3.63) is 93.0 Å². The lowest BCUT2D eigenvalue weighted by Crippen LogP contribution is -2.34. The molecule has 0 radical (unpaired) electrons. The van der Waals surface area contributed by atoms with Crippen LogP contribution in [0.3, 0.4) is 0 Å². The van der Waals surface area contributed by atoms with Crippen molar-refractivity contribution in [1.29, 1.82) is 5.26 Å². The highest BCUT2D eigenvalue weighted by Crippen LogP contribution is 2.34. The lowest BCUT2D eigenvalue weighted by molar-refractivity contribution is -0.124. The van der Waals surface area contributed by atoms with E-state index in [9.17, 15) is 19.6 Å². The number of aromatic nitrogens is 1. The molecule has 220 valence electrons. The van der Waals surface area contributed by atoms with Crippen molar-refractivity contribution in [2.24, 2.45) is 0 Å². The minimum absolute atomic E-state index is 0.176. The molecule has 0 spiro atoms. The first-order valence-corrected chi connectivity index (χ1v) is 15.0. The molecule has 0 saturated heterocycles. The summed E-state index contributed by atoms with van der Waals surface area (Å²) in [5, 5.41) is 13.3. The first-order chi connectivity index (χ1) is 20.8. The maximum Gasteiger partial charge on any atom is 0.348 e. The van der Waals surface area contributed by atoms with Crippen LogP contribution in [-0.4, -0.2) is 47.0 Å². The van der Waals surface area contributed by atoms with Gasteiger partial charge in [-0.25, -0.2) is 9.59 Å². The van der Waals surface area contributed by atoms with Crippen LogP contribution in [0.1, 0.15) is 68.2 Å². The number of hydrogen-bond donors (Lipinski definition) is 1. The van der Waals surface area contributed by atoms with Gasteiger partial charge in [-0.2, -0.15) is 5.26 Å². The smallest absolute Gasteiger partial charge is 0.348 e. The van der Waals surface area contributed by atoms with Crippen molar-refractivity contribution in [1.82, 2.24) is 9.88 Å². The van der Waals surface area contributed by atoms with Crippen molar-refractivity contribution in [3.63, 3.8) is 0 Å². The van der Waals surface area contributed by atoms with Gasteiger partial charge in [-0.1, -0.05) is 55.5 Å². The maximum absolute atomic E-state index is 13.9. The molecule has 43 heavy (non-hydrogen) atoms. The number of benzene rings is 2. The summed E-state index contributed by atoms with van der Waals surface area (Å²) < 4.78 is 11.0. The number of ether oxygens (including phenoxy) is 2. The second-order valence-electron chi connectivity index (χ2n) is 10.3. The molecule has 0 fully saturated rings. The Balaban J connectivity index is 1.41. The summed E-state index contributed by atoms with van der Waals surface area (Å²) in [5.74, 6) is -1.74. The summed E-state index contributed by atoms with van der Waals surface area (Å²) in [5.41, 5.74) is 4.56. The molecule has 9 nitrogen and oxygen atoms in total. The molecule has 2 aromatic heterocycles. The van der Waals surface area contributed by atoms with Crippen LogP contribution >= 0.6 is 11.3 Å². The van der Waals surface area contributed by atoms with E-state index in [0.717, 1.165) is 35.7 Å². The number of esters is 2. The fourth-order valence-electron chi connectivity index (χ4n) is 5.29. The molecule has 3 heterocycles. The number of para-hydroxylation sites is 1. The predicted octanol–water partition coefficient (Wildman–Crippen LogP) is 5.79. The zero-order valence-corrected chi connectivity index (χ0v) is 25.1. The van der Waals surface area contributed by atoms with E-state index >= 15 is 0 Å². The number of pyridine rings is 1. The molecule has 0 saturated carbocycles. The van der Waals surface area contributed by atoms with Gasteiger partial charge in [-0.3, -0.25) is 14.7 Å². The van der Waals surface area contributed by atoms with Crippen LogP contribution in [0.5, 0.6) is 0 Å². The molecule has 4 aromatic rings. The molecule has 5 rings (SSSR count). The molecule has 0 aliphatic carbocycles. The van der Waals surface area contributed by atoms with Gasteiger partial charge in [-0.15, -0.1) is 11.3 Å². The number of fused-ring (bicyclic) bond motifs is 2. The molecule has 0 bridgehead atoms. The molecule has 1 atom stereocenters. The summed E-state index contributed by atoms with van der Waals surface area (Å²) >= 11 is 0.968. The van der Waals surface area contributed by atoms with Crippen molar-refractivity contribution in [2.75, 3.05) is 18.5 Å². The number of hydrogen-bond acceptors (Lipinski definition) is 9. The normalized spacial score (nSPS) is 13.5. The fourth-order valence-corrected chi connectivity index (χ4v) is 6.34. The minimum atomic E-state index is -1.13. The number of amides is 1. The van der Waals surface area contributed by atoms with Gasteiger partial charge in [0.25, 0.3) is 5.91 Å². The van der Waals surface area contributed by atoms with Crippen LogP contribution in [0, 0.1) is 18.3 Å². The number of anilines is 1. The average Bonchev–Trinajstić information content (AvgIpc) is 3.33. The third-order valence-corrected chi connectivity index (χ3v) is 8.63. The van der Waals surface area contributed by atoms with Crippen LogP contribution in [-0.2, 0) is 33.8 Å². The Kier molecular flexibility index (Phi) is 9.14. The number of rotatable bonds is 9. The quantitative estimate of drug-likeness (QED) is 0.241. The summed E-state index contributed by atoms with van der Waals surface area (Å²) in [6, 6.07) is 19.7. The minimum Gasteiger partial charge on any atom is -0.462 e. The standard InChI is InChI=1S/C33H32N4O5S/c1-4-27(30(38)36-31-23(17-34)20(3)29(43-31)33(40)41-5-2)42-32(39)28-22-13-9-10-14-25(22)35-26-15-16-37(19-24(26)28)18-21-11-7-6-8-12-21/h6-14,27H,4-5,15-16,18-19H2,1-3H3,(H,36,38). The van der Waals surface area contributed by atoms with Crippen LogP contribution in [0.2, 0.25) is 0 Å². The van der Waals surface area contributed by atoms with Gasteiger partial charge in [0.05, 0.1) is 23.3 Å². The van der Waals surface area contributed by atoms with E-state index in [-0.39, 0.29) is 28.5 Å². The summed E-state index contributed by atoms with van der Waals surface area (Å²) in [6.07, 6.45) is -0.235. The Bertz CT molecular complexity index is 1730. The lowest BCUT2D eigenvalue weighted by atomic mass is 9.95. The predicted molar refractivity (Wildman–Crippen MR) is 164 cm³/mol. The van der Waals surface area contributed by atoms with Crippen LogP contribution in [0.4, 0.5) is 5.00 Å². The largest absolute Gasteiger partial charge is 0.462 e. The molecule has 1 N–H and O–H groups in total. The van der Waals surface area contributed by atoms with Gasteiger partial charge in [0.2, 0.25) is 0 Å². The second-order valence-corrected chi connectivity index (χ2v) is 11.3. The van der Waals surface area contributed by atoms with Gasteiger partial charge in [-0.05, 0) is 37.5 Å². The molecule has 1 aliphatic rings. The van der Waals surface area contributed by atoms with Gasteiger partial charge in [0, 0.05) is 42.7 Å². The summed E-state index contributed by atoms with van der Waals surface area (Å²) in [4.78, 5) is 47.0. The van der Waals surface area contributed by atoms with Crippen LogP contribution < -0.4 is 5.32 Å². The van der Waals surface area contributed by atoms with Crippen molar-refractivity contribution < 1.29 is 23.9 Å². The number of nitrogens with zero attached hydrogens (tertiary/aromatic N) is 3. The van der Waals surface area contributed by atoms with Crippen LogP contribution in [0.15, 0.2) is 54.6 Å². The average molecular weight is 597 g/mol. The molecule has 1 aliphatic heterocycles. The number of carbonyl (C=O) groups excluding carboxylic acids is 3. The maximum atomic E-state index is 13.9. The van der Waals surface area contributed by atoms with E-state index in [2.05, 4.69) is 28.4 Å². The number of thiophene rings is 1. The topological polar surface area (TPSA) is 122 Å². The zero-order chi connectivity index (χ0) is 30.5. The monoisotopic (exact) mass is 596 g/mol. The molecule has 10 heteroatoms. The summed E-state index contributed by atoms with van der Waals surface area (Å²) in [7, 11) is 0. The highest BCUT2D eigenvalue weighted by molar-refractivity contribution is 7.18. The SMILES string of the molecule is CCOC(=O)c1sc(NC(=O)C(CC)OC(=O)c2c3c(nc4ccccc24)CCN(Cc2ccccc2)C3)c(C#N)c1C. The van der Waals surface area contributed by atoms with Crippen molar-refractivity contribution >= 4 is 45.1 Å². The zero-order valence-electron chi connectivity index (χ0n) is 24.3. The number of carbonyl (C=O) groups is 3. The Hall–Kier alpha value is -4.59. The fraction of sp³-hybridized carbons (Fsp3) is 0.303. The molecule has 1 unspecified atom stereocenters.